The predicted molar refractivity (Wildman–Crippen MR) is 86.1 cm³/mol. The van der Waals surface area contributed by atoms with Crippen LogP contribution in [0.1, 0.15) is 44.0 Å². The van der Waals surface area contributed by atoms with Crippen LogP contribution >= 0.6 is 0 Å². The van der Waals surface area contributed by atoms with E-state index >= 15 is 0 Å². The van der Waals surface area contributed by atoms with Gasteiger partial charge in [0.1, 0.15) is 0 Å². The van der Waals surface area contributed by atoms with E-state index in [1.165, 1.54) is 11.4 Å². The Morgan fingerprint density at radius 1 is 1.14 bits per heavy atom. The van der Waals surface area contributed by atoms with Crippen LogP contribution in [0.2, 0.25) is 0 Å². The molecule has 0 saturated carbocycles. The van der Waals surface area contributed by atoms with Gasteiger partial charge in [-0.15, -0.1) is 0 Å². The third-order valence-electron chi connectivity index (χ3n) is 3.60. The van der Waals surface area contributed by atoms with Gasteiger partial charge in [-0.05, 0) is 44.0 Å². The Morgan fingerprint density at radius 2 is 1.67 bits per heavy atom. The van der Waals surface area contributed by atoms with E-state index in [0.717, 1.165) is 12.8 Å². The molecule has 0 bridgehead atoms. The molecular weight excluding hydrogens is 288 g/mol. The third kappa shape index (κ3) is 4.46. The second-order valence-electron chi connectivity index (χ2n) is 4.90. The Bertz CT molecular complexity index is 563. The van der Waals surface area contributed by atoms with Crippen molar-refractivity contribution in [2.45, 2.75) is 39.7 Å². The van der Waals surface area contributed by atoms with Gasteiger partial charge < -0.3 is 5.32 Å². The number of rotatable bonds is 7. The van der Waals surface area contributed by atoms with E-state index in [0.29, 0.717) is 11.3 Å². The zero-order valence-electron chi connectivity index (χ0n) is 13.1. The van der Waals surface area contributed by atoms with Gasteiger partial charge in [-0.1, -0.05) is 13.8 Å². The van der Waals surface area contributed by atoms with E-state index in [1.54, 1.807) is 31.2 Å². The maximum absolute atomic E-state index is 12.1. The van der Waals surface area contributed by atoms with Crippen LogP contribution in [0, 0.1) is 0 Å². The molecule has 21 heavy (non-hydrogen) atoms. The minimum absolute atomic E-state index is 0.0421. The summed E-state index contributed by atoms with van der Waals surface area (Å²) in [5.41, 5.74) is 1.09. The summed E-state index contributed by atoms with van der Waals surface area (Å²) in [4.78, 5) is 12.1. The fraction of sp³-hybridized carbons (Fsp3) is 0.533. The standard InChI is InChI=1S/C15H24N2O3S/c1-5-13(6-2)16-15(18)12-8-10-14(11-9-12)17(4)21(19,20)7-3/h8-11,13H,5-7H2,1-4H3,(H,16,18). The topological polar surface area (TPSA) is 66.5 Å². The molecule has 1 rings (SSSR count). The van der Waals surface area contributed by atoms with E-state index in [2.05, 4.69) is 5.32 Å². The Labute approximate surface area is 127 Å². The van der Waals surface area contributed by atoms with Gasteiger partial charge in [0, 0.05) is 18.7 Å². The molecule has 0 aliphatic heterocycles. The maximum Gasteiger partial charge on any atom is 0.251 e. The van der Waals surface area contributed by atoms with Gasteiger partial charge in [0.15, 0.2) is 0 Å². The van der Waals surface area contributed by atoms with Gasteiger partial charge >= 0.3 is 0 Å². The van der Waals surface area contributed by atoms with E-state index in [4.69, 9.17) is 0 Å². The summed E-state index contributed by atoms with van der Waals surface area (Å²) in [6.45, 7) is 5.66. The number of benzene rings is 1. The van der Waals surface area contributed by atoms with E-state index in [9.17, 15) is 13.2 Å². The molecule has 0 spiro atoms. The summed E-state index contributed by atoms with van der Waals surface area (Å²) in [6.07, 6.45) is 1.77. The van der Waals surface area contributed by atoms with Crippen molar-refractivity contribution in [1.82, 2.24) is 5.32 Å². The fourth-order valence-electron chi connectivity index (χ4n) is 1.94. The molecule has 5 nitrogen and oxygen atoms in total. The van der Waals surface area contributed by atoms with Crippen molar-refractivity contribution < 1.29 is 13.2 Å². The van der Waals surface area contributed by atoms with Gasteiger partial charge in [-0.25, -0.2) is 8.42 Å². The van der Waals surface area contributed by atoms with Crippen molar-refractivity contribution in [2.75, 3.05) is 17.1 Å². The number of hydrogen-bond donors (Lipinski definition) is 1. The SMILES string of the molecule is CCC(CC)NC(=O)c1ccc(N(C)S(=O)(=O)CC)cc1. The van der Waals surface area contributed by atoms with Crippen molar-refractivity contribution in [1.29, 1.82) is 0 Å². The van der Waals surface area contributed by atoms with Crippen LogP contribution in [0.3, 0.4) is 0 Å². The normalized spacial score (nSPS) is 11.5. The summed E-state index contributed by atoms with van der Waals surface area (Å²) in [6, 6.07) is 6.76. The molecule has 1 aromatic rings. The first-order valence-corrected chi connectivity index (χ1v) is 8.84. The van der Waals surface area contributed by atoms with Crippen molar-refractivity contribution >= 4 is 21.6 Å². The molecule has 0 unspecified atom stereocenters. The van der Waals surface area contributed by atoms with Gasteiger partial charge in [0.05, 0.1) is 11.4 Å². The lowest BCUT2D eigenvalue weighted by atomic mass is 10.1. The van der Waals surface area contributed by atoms with Crippen LogP contribution in [-0.2, 0) is 10.0 Å². The number of carbonyl (C=O) groups excluding carboxylic acids is 1. The first kappa shape index (κ1) is 17.5. The molecule has 1 aromatic carbocycles. The number of amides is 1. The molecular formula is C15H24N2O3S. The first-order valence-electron chi connectivity index (χ1n) is 7.23. The molecule has 1 amide bonds. The zero-order chi connectivity index (χ0) is 16.0. The lowest BCUT2D eigenvalue weighted by molar-refractivity contribution is 0.0935. The fourth-order valence-corrected chi connectivity index (χ4v) is 2.77. The monoisotopic (exact) mass is 312 g/mol. The lowest BCUT2D eigenvalue weighted by Crippen LogP contribution is -2.33. The molecule has 118 valence electrons. The van der Waals surface area contributed by atoms with E-state index < -0.39 is 10.0 Å². The molecule has 0 heterocycles. The number of anilines is 1. The van der Waals surface area contributed by atoms with Gasteiger partial charge in [0.2, 0.25) is 10.0 Å². The maximum atomic E-state index is 12.1. The summed E-state index contributed by atoms with van der Waals surface area (Å²) >= 11 is 0. The second kappa shape index (κ2) is 7.45. The quantitative estimate of drug-likeness (QED) is 0.840. The second-order valence-corrected chi connectivity index (χ2v) is 7.19. The predicted octanol–water partition coefficient (Wildman–Crippen LogP) is 2.39. The highest BCUT2D eigenvalue weighted by molar-refractivity contribution is 7.92. The minimum Gasteiger partial charge on any atom is -0.349 e. The van der Waals surface area contributed by atoms with E-state index in [-0.39, 0.29) is 17.7 Å². The molecule has 0 saturated heterocycles. The molecule has 1 N–H and O–H groups in total. The van der Waals surface area contributed by atoms with Crippen LogP contribution in [0.4, 0.5) is 5.69 Å². The lowest BCUT2D eigenvalue weighted by Gasteiger charge is -2.19. The average Bonchev–Trinajstić information content (AvgIpc) is 2.51. The highest BCUT2D eigenvalue weighted by Crippen LogP contribution is 2.17. The Balaban J connectivity index is 2.85. The number of nitrogens with zero attached hydrogens (tertiary/aromatic N) is 1. The summed E-state index contributed by atoms with van der Waals surface area (Å²) in [7, 11) is -1.77. The van der Waals surface area contributed by atoms with Crippen molar-refractivity contribution in [3.05, 3.63) is 29.8 Å². The number of sulfonamides is 1. The minimum atomic E-state index is -3.28. The van der Waals surface area contributed by atoms with Crippen LogP contribution in [0.25, 0.3) is 0 Å². The first-order chi connectivity index (χ1) is 9.85. The van der Waals surface area contributed by atoms with Crippen LogP contribution in [-0.4, -0.2) is 33.2 Å². The van der Waals surface area contributed by atoms with Crippen LogP contribution < -0.4 is 9.62 Å². The van der Waals surface area contributed by atoms with Crippen LogP contribution in [0.15, 0.2) is 24.3 Å². The Kier molecular flexibility index (Phi) is 6.20. The Morgan fingerprint density at radius 3 is 2.10 bits per heavy atom. The van der Waals surface area contributed by atoms with E-state index in [1.807, 2.05) is 13.8 Å². The zero-order valence-corrected chi connectivity index (χ0v) is 13.9. The van der Waals surface area contributed by atoms with Gasteiger partial charge in [0.25, 0.3) is 5.91 Å². The van der Waals surface area contributed by atoms with Gasteiger partial charge in [-0.3, -0.25) is 9.10 Å². The molecule has 0 radical (unpaired) electrons. The number of hydrogen-bond acceptors (Lipinski definition) is 3. The summed E-state index contributed by atoms with van der Waals surface area (Å²) in [5, 5.41) is 2.95. The Hall–Kier alpha value is -1.56. The van der Waals surface area contributed by atoms with Crippen molar-refractivity contribution in [3.63, 3.8) is 0 Å². The highest BCUT2D eigenvalue weighted by Gasteiger charge is 2.16. The largest absolute Gasteiger partial charge is 0.349 e. The molecule has 0 aliphatic rings. The summed E-state index contributed by atoms with van der Waals surface area (Å²) < 4.78 is 24.8. The third-order valence-corrected chi connectivity index (χ3v) is 5.37. The smallest absolute Gasteiger partial charge is 0.251 e. The average molecular weight is 312 g/mol. The van der Waals surface area contributed by atoms with Crippen molar-refractivity contribution in [3.8, 4) is 0 Å². The number of nitrogens with one attached hydrogen (secondary N) is 1. The van der Waals surface area contributed by atoms with Crippen LogP contribution in [0.5, 0.6) is 0 Å². The molecule has 0 atom stereocenters. The number of carbonyl (C=O) groups is 1. The summed E-state index contributed by atoms with van der Waals surface area (Å²) in [5.74, 6) is -0.0864. The molecule has 0 aliphatic carbocycles. The molecule has 6 heteroatoms. The van der Waals surface area contributed by atoms with Gasteiger partial charge in [-0.2, -0.15) is 0 Å². The molecule has 0 fully saturated rings. The highest BCUT2D eigenvalue weighted by atomic mass is 32.2. The van der Waals surface area contributed by atoms with Crippen molar-refractivity contribution in [2.24, 2.45) is 0 Å². The molecule has 0 aromatic heterocycles.